The Hall–Kier alpha value is -3.87. The van der Waals surface area contributed by atoms with Gasteiger partial charge in [0.25, 0.3) is 0 Å². The monoisotopic (exact) mass is 434 g/mol. The van der Waals surface area contributed by atoms with E-state index in [1.807, 2.05) is 26.0 Å². The molecule has 0 aliphatic heterocycles. The lowest BCUT2D eigenvalue weighted by Gasteiger charge is -2.13. The molecule has 0 aliphatic carbocycles. The van der Waals surface area contributed by atoms with Crippen LogP contribution >= 0.6 is 0 Å². The predicted octanol–water partition coefficient (Wildman–Crippen LogP) is 4.50. The van der Waals surface area contributed by atoms with Gasteiger partial charge in [0.05, 0.1) is 12.0 Å². The van der Waals surface area contributed by atoms with Crippen molar-refractivity contribution in [2.24, 2.45) is 0 Å². The molecule has 7 heteroatoms. The van der Waals surface area contributed by atoms with Gasteiger partial charge in [-0.2, -0.15) is 0 Å². The molecule has 7 nitrogen and oxygen atoms in total. The summed E-state index contributed by atoms with van der Waals surface area (Å²) in [5, 5.41) is 6.18. The Kier molecular flexibility index (Phi) is 6.78. The van der Waals surface area contributed by atoms with Gasteiger partial charge in [-0.05, 0) is 68.3 Å². The number of carbonyl (C=O) groups is 2. The van der Waals surface area contributed by atoms with E-state index >= 15 is 0 Å². The summed E-state index contributed by atoms with van der Waals surface area (Å²) in [6, 6.07) is 10.4. The molecular weight excluding hydrogens is 408 g/mol. The second-order valence-electron chi connectivity index (χ2n) is 7.79. The van der Waals surface area contributed by atoms with Gasteiger partial charge in [0.1, 0.15) is 17.9 Å². The van der Waals surface area contributed by atoms with Crippen molar-refractivity contribution < 1.29 is 18.7 Å². The van der Waals surface area contributed by atoms with Crippen molar-refractivity contribution in [2.45, 2.75) is 34.1 Å². The summed E-state index contributed by atoms with van der Waals surface area (Å²) >= 11 is 0. The minimum atomic E-state index is -0.550. The Morgan fingerprint density at radius 1 is 0.969 bits per heavy atom. The number of rotatable bonds is 7. The number of aryl methyl sites for hydroxylation is 2. The molecule has 2 N–H and O–H groups in total. The van der Waals surface area contributed by atoms with Crippen LogP contribution in [-0.4, -0.2) is 18.4 Å². The molecular formula is C25H26N2O5. The minimum Gasteiger partial charge on any atom is -0.489 e. The topological polar surface area (TPSA) is 97.6 Å². The van der Waals surface area contributed by atoms with Gasteiger partial charge < -0.3 is 19.8 Å². The average Bonchev–Trinajstić information content (AvgIpc) is 2.72. The first-order chi connectivity index (χ1) is 15.2. The lowest BCUT2D eigenvalue weighted by atomic mass is 10.0. The smallest absolute Gasteiger partial charge is 0.340 e. The number of hydrogen-bond donors (Lipinski definition) is 2. The van der Waals surface area contributed by atoms with E-state index in [0.29, 0.717) is 40.4 Å². The summed E-state index contributed by atoms with van der Waals surface area (Å²) in [5.41, 5.74) is 3.69. The van der Waals surface area contributed by atoms with Crippen LogP contribution in [0, 0.1) is 13.8 Å². The zero-order valence-electron chi connectivity index (χ0n) is 18.6. The van der Waals surface area contributed by atoms with E-state index in [9.17, 15) is 14.4 Å². The van der Waals surface area contributed by atoms with Gasteiger partial charge in [-0.1, -0.05) is 6.58 Å². The highest BCUT2D eigenvalue weighted by Gasteiger charge is 2.18. The summed E-state index contributed by atoms with van der Waals surface area (Å²) in [5.74, 6) is 0.103. The Morgan fingerprint density at radius 2 is 1.59 bits per heavy atom. The summed E-state index contributed by atoms with van der Waals surface area (Å²) < 4.78 is 11.3. The zero-order valence-corrected chi connectivity index (χ0v) is 18.6. The van der Waals surface area contributed by atoms with E-state index in [0.717, 1.165) is 16.5 Å². The second kappa shape index (κ2) is 9.51. The third-order valence-corrected chi connectivity index (χ3v) is 4.95. The van der Waals surface area contributed by atoms with Crippen LogP contribution in [0.25, 0.3) is 11.0 Å². The van der Waals surface area contributed by atoms with E-state index in [1.54, 1.807) is 31.2 Å². The highest BCUT2D eigenvalue weighted by atomic mass is 16.5. The number of nitrogens with one attached hydrogen (secondary N) is 2. The van der Waals surface area contributed by atoms with Crippen LogP contribution in [-0.2, 0) is 16.0 Å². The normalized spacial score (nSPS) is 10.6. The minimum absolute atomic E-state index is 0.121. The van der Waals surface area contributed by atoms with E-state index in [2.05, 4.69) is 17.2 Å². The summed E-state index contributed by atoms with van der Waals surface area (Å²) in [7, 11) is 0. The first-order valence-electron chi connectivity index (χ1n) is 10.2. The maximum absolute atomic E-state index is 12.7. The molecule has 0 bridgehead atoms. The average molecular weight is 434 g/mol. The molecule has 0 saturated carbocycles. The first kappa shape index (κ1) is 22.8. The third kappa shape index (κ3) is 5.24. The van der Waals surface area contributed by atoms with Crippen molar-refractivity contribution in [3.05, 3.63) is 75.7 Å². The zero-order chi connectivity index (χ0) is 23.4. The lowest BCUT2D eigenvalue weighted by Crippen LogP contribution is -2.20. The van der Waals surface area contributed by atoms with Crippen LogP contribution in [0.5, 0.6) is 5.75 Å². The predicted molar refractivity (Wildman–Crippen MR) is 125 cm³/mol. The maximum atomic E-state index is 12.7. The summed E-state index contributed by atoms with van der Waals surface area (Å²) in [6.07, 6.45) is -0.121. The highest BCUT2D eigenvalue weighted by molar-refractivity contribution is 5.94. The SMILES string of the molecule is C=C(C)COc1ccc2c(C)c(CC(=O)Nc3ccc(NC(C)=O)cc3)c(=O)oc2c1C. The molecule has 0 fully saturated rings. The Morgan fingerprint density at radius 3 is 2.19 bits per heavy atom. The van der Waals surface area contributed by atoms with Gasteiger partial charge in [-0.3, -0.25) is 9.59 Å². The van der Waals surface area contributed by atoms with Crippen LogP contribution in [0.15, 0.2) is 57.8 Å². The molecule has 0 atom stereocenters. The van der Waals surface area contributed by atoms with Crippen LogP contribution in [0.2, 0.25) is 0 Å². The summed E-state index contributed by atoms with van der Waals surface area (Å²) in [4.78, 5) is 36.3. The fraction of sp³-hybridized carbons (Fsp3) is 0.240. The number of carbonyl (C=O) groups excluding carboxylic acids is 2. The number of hydrogen-bond acceptors (Lipinski definition) is 5. The number of anilines is 2. The van der Waals surface area contributed by atoms with Crippen LogP contribution in [0.3, 0.4) is 0 Å². The van der Waals surface area contributed by atoms with E-state index in [-0.39, 0.29) is 18.2 Å². The van der Waals surface area contributed by atoms with Gasteiger partial charge >= 0.3 is 5.63 Å². The van der Waals surface area contributed by atoms with Gasteiger partial charge in [0.2, 0.25) is 11.8 Å². The quantitative estimate of drug-likeness (QED) is 0.421. The van der Waals surface area contributed by atoms with Crippen LogP contribution in [0.4, 0.5) is 11.4 Å². The van der Waals surface area contributed by atoms with E-state index in [1.165, 1.54) is 6.92 Å². The molecule has 0 saturated heterocycles. The molecule has 0 radical (unpaired) electrons. The molecule has 0 spiro atoms. The largest absolute Gasteiger partial charge is 0.489 e. The van der Waals surface area contributed by atoms with Gasteiger partial charge in [0.15, 0.2) is 0 Å². The van der Waals surface area contributed by atoms with Crippen LogP contribution < -0.4 is 21.0 Å². The molecule has 3 rings (SSSR count). The lowest BCUT2D eigenvalue weighted by molar-refractivity contribution is -0.116. The van der Waals surface area contributed by atoms with E-state index < -0.39 is 5.63 Å². The molecule has 32 heavy (non-hydrogen) atoms. The fourth-order valence-corrected chi connectivity index (χ4v) is 3.34. The van der Waals surface area contributed by atoms with Crippen molar-refractivity contribution in [3.8, 4) is 5.75 Å². The second-order valence-corrected chi connectivity index (χ2v) is 7.79. The molecule has 2 amide bonds. The number of benzene rings is 2. The highest BCUT2D eigenvalue weighted by Crippen LogP contribution is 2.29. The molecule has 3 aromatic rings. The molecule has 0 unspecified atom stereocenters. The molecule has 1 aromatic heterocycles. The van der Waals surface area contributed by atoms with Gasteiger partial charge in [-0.25, -0.2) is 4.79 Å². The Balaban J connectivity index is 1.81. The maximum Gasteiger partial charge on any atom is 0.340 e. The van der Waals surface area contributed by atoms with Crippen molar-refractivity contribution in [2.75, 3.05) is 17.2 Å². The number of ether oxygens (including phenoxy) is 1. The van der Waals surface area contributed by atoms with Crippen LogP contribution in [0.1, 0.15) is 30.5 Å². The summed E-state index contributed by atoms with van der Waals surface area (Å²) in [6.45, 7) is 11.1. The van der Waals surface area contributed by atoms with Crippen molar-refractivity contribution in [1.29, 1.82) is 0 Å². The first-order valence-corrected chi connectivity index (χ1v) is 10.2. The Bertz CT molecular complexity index is 1260. The molecule has 0 aliphatic rings. The van der Waals surface area contributed by atoms with E-state index in [4.69, 9.17) is 9.15 Å². The van der Waals surface area contributed by atoms with Gasteiger partial charge in [-0.15, -0.1) is 0 Å². The number of fused-ring (bicyclic) bond motifs is 1. The van der Waals surface area contributed by atoms with Crippen molar-refractivity contribution >= 4 is 34.2 Å². The molecule has 1 heterocycles. The third-order valence-electron chi connectivity index (χ3n) is 4.95. The Labute approximate surface area is 186 Å². The molecule has 166 valence electrons. The molecule has 2 aromatic carbocycles. The van der Waals surface area contributed by atoms with Gasteiger partial charge in [0, 0.05) is 29.2 Å². The number of amides is 2. The van der Waals surface area contributed by atoms with Crippen molar-refractivity contribution in [3.63, 3.8) is 0 Å². The fourth-order valence-electron chi connectivity index (χ4n) is 3.34. The standard InChI is InChI=1S/C25H26N2O5/c1-14(2)13-31-22-11-10-20-15(3)21(25(30)32-24(20)16(22)4)12-23(29)27-19-8-6-18(7-9-19)26-17(5)28/h6-11H,1,12-13H2,2-5H3,(H,26,28)(H,27,29). The van der Waals surface area contributed by atoms with Crippen molar-refractivity contribution in [1.82, 2.24) is 0 Å².